The van der Waals surface area contributed by atoms with Crippen LogP contribution in [-0.2, 0) is 0 Å². The Balaban J connectivity index is 1.33. The van der Waals surface area contributed by atoms with Gasteiger partial charge < -0.3 is 4.90 Å². The molecule has 0 aliphatic carbocycles. The SMILES string of the molecule is O=C1c2cccc3cccc(c23)N1CN1CCN(c2ncccn2)CC1. The Morgan fingerprint density at radius 2 is 1.62 bits per heavy atom. The van der Waals surface area contributed by atoms with Gasteiger partial charge in [0.1, 0.15) is 0 Å². The Morgan fingerprint density at radius 3 is 2.38 bits per heavy atom. The van der Waals surface area contributed by atoms with E-state index < -0.39 is 0 Å². The quantitative estimate of drug-likeness (QED) is 0.729. The molecule has 0 N–H and O–H groups in total. The lowest BCUT2D eigenvalue weighted by atomic mass is 10.1. The van der Waals surface area contributed by atoms with Gasteiger partial charge in [-0.3, -0.25) is 14.6 Å². The maximum absolute atomic E-state index is 12.9. The van der Waals surface area contributed by atoms with Crippen molar-refractivity contribution in [1.29, 1.82) is 0 Å². The molecule has 1 fully saturated rings. The predicted octanol–water partition coefficient (Wildman–Crippen LogP) is 2.37. The highest BCUT2D eigenvalue weighted by atomic mass is 16.2. The number of nitrogens with zero attached hydrogens (tertiary/aromatic N) is 5. The van der Waals surface area contributed by atoms with Crippen LogP contribution in [0.2, 0.25) is 0 Å². The van der Waals surface area contributed by atoms with Crippen molar-refractivity contribution in [2.45, 2.75) is 0 Å². The summed E-state index contributed by atoms with van der Waals surface area (Å²) in [6.07, 6.45) is 3.55. The molecule has 2 aliphatic heterocycles. The lowest BCUT2D eigenvalue weighted by molar-refractivity contribution is 0.0972. The zero-order chi connectivity index (χ0) is 17.5. The Labute approximate surface area is 151 Å². The number of piperazine rings is 1. The first kappa shape index (κ1) is 15.3. The van der Waals surface area contributed by atoms with Crippen LogP contribution in [-0.4, -0.2) is 53.6 Å². The molecule has 0 atom stereocenters. The van der Waals surface area contributed by atoms with Crippen molar-refractivity contribution in [2.24, 2.45) is 0 Å². The highest BCUT2D eigenvalue weighted by Crippen LogP contribution is 2.37. The van der Waals surface area contributed by atoms with E-state index in [1.165, 1.54) is 0 Å². The van der Waals surface area contributed by atoms with Gasteiger partial charge in [0.25, 0.3) is 5.91 Å². The molecule has 6 heteroatoms. The lowest BCUT2D eigenvalue weighted by Gasteiger charge is -2.36. The van der Waals surface area contributed by atoms with Crippen LogP contribution in [0.4, 0.5) is 11.6 Å². The number of carbonyl (C=O) groups is 1. The number of carbonyl (C=O) groups excluding carboxylic acids is 1. The van der Waals surface area contributed by atoms with E-state index in [9.17, 15) is 4.79 Å². The zero-order valence-electron chi connectivity index (χ0n) is 14.4. The Bertz CT molecular complexity index is 961. The summed E-state index contributed by atoms with van der Waals surface area (Å²) in [4.78, 5) is 28.0. The molecule has 0 saturated carbocycles. The number of rotatable bonds is 3. The zero-order valence-corrected chi connectivity index (χ0v) is 14.4. The molecule has 0 radical (unpaired) electrons. The predicted molar refractivity (Wildman–Crippen MR) is 101 cm³/mol. The summed E-state index contributed by atoms with van der Waals surface area (Å²) in [6.45, 7) is 4.12. The van der Waals surface area contributed by atoms with Gasteiger partial charge in [0.15, 0.2) is 0 Å². The van der Waals surface area contributed by atoms with Crippen LogP contribution in [0.15, 0.2) is 54.9 Å². The fourth-order valence-electron chi connectivity index (χ4n) is 3.86. The molecule has 1 amide bonds. The van der Waals surface area contributed by atoms with E-state index >= 15 is 0 Å². The van der Waals surface area contributed by atoms with E-state index in [0.717, 1.165) is 54.2 Å². The highest BCUT2D eigenvalue weighted by molar-refractivity contribution is 6.24. The van der Waals surface area contributed by atoms with Crippen LogP contribution >= 0.6 is 0 Å². The summed E-state index contributed by atoms with van der Waals surface area (Å²) in [6, 6.07) is 13.9. The average molecular weight is 345 g/mol. The standard InChI is InChI=1S/C20H19N5O/c26-19-16-6-1-4-15-5-2-7-17(18(15)16)25(19)14-23-10-12-24(13-11-23)20-21-8-3-9-22-20/h1-9H,10-14H2. The van der Waals surface area contributed by atoms with E-state index in [2.05, 4.69) is 31.9 Å². The maximum Gasteiger partial charge on any atom is 0.260 e. The second-order valence-electron chi connectivity index (χ2n) is 6.71. The van der Waals surface area contributed by atoms with Crippen LogP contribution in [0.3, 0.4) is 0 Å². The normalized spacial score (nSPS) is 17.3. The van der Waals surface area contributed by atoms with Crippen molar-refractivity contribution in [3.63, 3.8) is 0 Å². The fourth-order valence-corrected chi connectivity index (χ4v) is 3.86. The van der Waals surface area contributed by atoms with Crippen molar-refractivity contribution in [3.8, 4) is 0 Å². The minimum atomic E-state index is 0.102. The molecular formula is C20H19N5O. The third kappa shape index (κ3) is 2.42. The van der Waals surface area contributed by atoms with Gasteiger partial charge in [0.05, 0.1) is 12.4 Å². The fraction of sp³-hybridized carbons (Fsp3) is 0.250. The number of anilines is 2. The number of aromatic nitrogens is 2. The molecule has 0 bridgehead atoms. The molecular weight excluding hydrogens is 326 g/mol. The first-order valence-electron chi connectivity index (χ1n) is 8.89. The third-order valence-electron chi connectivity index (χ3n) is 5.20. The Hall–Kier alpha value is -2.99. The maximum atomic E-state index is 12.9. The second kappa shape index (κ2) is 6.07. The molecule has 1 aromatic heterocycles. The van der Waals surface area contributed by atoms with Gasteiger partial charge in [-0.15, -0.1) is 0 Å². The Morgan fingerprint density at radius 1 is 0.885 bits per heavy atom. The van der Waals surface area contributed by atoms with Gasteiger partial charge in [-0.05, 0) is 23.6 Å². The van der Waals surface area contributed by atoms with Gasteiger partial charge in [-0.1, -0.05) is 24.3 Å². The molecule has 130 valence electrons. The smallest absolute Gasteiger partial charge is 0.260 e. The molecule has 26 heavy (non-hydrogen) atoms. The number of hydrogen-bond donors (Lipinski definition) is 0. The topological polar surface area (TPSA) is 52.6 Å². The summed E-state index contributed by atoms with van der Waals surface area (Å²) in [5.41, 5.74) is 1.84. The van der Waals surface area contributed by atoms with Crippen LogP contribution < -0.4 is 9.80 Å². The number of hydrogen-bond acceptors (Lipinski definition) is 5. The molecule has 2 aliphatic rings. The molecule has 5 rings (SSSR count). The van der Waals surface area contributed by atoms with Gasteiger partial charge in [-0.2, -0.15) is 0 Å². The largest absolute Gasteiger partial charge is 0.338 e. The first-order valence-corrected chi connectivity index (χ1v) is 8.89. The lowest BCUT2D eigenvalue weighted by Crippen LogP contribution is -2.51. The van der Waals surface area contributed by atoms with Gasteiger partial charge in [0, 0.05) is 49.5 Å². The summed E-state index contributed by atoms with van der Waals surface area (Å²) in [7, 11) is 0. The Kier molecular flexibility index (Phi) is 3.57. The van der Waals surface area contributed by atoms with Gasteiger partial charge >= 0.3 is 0 Å². The molecule has 0 spiro atoms. The summed E-state index contributed by atoms with van der Waals surface area (Å²) < 4.78 is 0. The van der Waals surface area contributed by atoms with Crippen LogP contribution in [0, 0.1) is 0 Å². The number of benzene rings is 2. The van der Waals surface area contributed by atoms with Crippen molar-refractivity contribution in [2.75, 3.05) is 42.6 Å². The van der Waals surface area contributed by atoms with E-state index in [4.69, 9.17) is 0 Å². The van der Waals surface area contributed by atoms with E-state index in [1.807, 2.05) is 35.2 Å². The van der Waals surface area contributed by atoms with Gasteiger partial charge in [-0.25, -0.2) is 9.97 Å². The van der Waals surface area contributed by atoms with Crippen LogP contribution in [0.25, 0.3) is 10.8 Å². The minimum Gasteiger partial charge on any atom is -0.338 e. The van der Waals surface area contributed by atoms with Crippen molar-refractivity contribution < 1.29 is 4.79 Å². The van der Waals surface area contributed by atoms with E-state index in [0.29, 0.717) is 6.67 Å². The van der Waals surface area contributed by atoms with Crippen molar-refractivity contribution in [1.82, 2.24) is 14.9 Å². The summed E-state index contributed by atoms with van der Waals surface area (Å²) in [5, 5.41) is 2.21. The third-order valence-corrected chi connectivity index (χ3v) is 5.20. The van der Waals surface area contributed by atoms with Crippen LogP contribution in [0.5, 0.6) is 0 Å². The first-order chi connectivity index (χ1) is 12.8. The van der Waals surface area contributed by atoms with Crippen molar-refractivity contribution >= 4 is 28.3 Å². The minimum absolute atomic E-state index is 0.102. The molecule has 3 aromatic rings. The molecule has 2 aromatic carbocycles. The number of amides is 1. The van der Waals surface area contributed by atoms with Gasteiger partial charge in [0.2, 0.25) is 5.95 Å². The highest BCUT2D eigenvalue weighted by Gasteiger charge is 2.31. The van der Waals surface area contributed by atoms with Crippen molar-refractivity contribution in [3.05, 3.63) is 60.4 Å². The molecule has 3 heterocycles. The molecule has 0 unspecified atom stereocenters. The average Bonchev–Trinajstić information content (AvgIpc) is 2.97. The molecule has 1 saturated heterocycles. The summed E-state index contributed by atoms with van der Waals surface area (Å²) in [5.74, 6) is 0.882. The summed E-state index contributed by atoms with van der Waals surface area (Å²) >= 11 is 0. The monoisotopic (exact) mass is 345 g/mol. The molecule has 6 nitrogen and oxygen atoms in total. The van der Waals surface area contributed by atoms with E-state index in [-0.39, 0.29) is 5.91 Å². The second-order valence-corrected chi connectivity index (χ2v) is 6.71. The van der Waals surface area contributed by atoms with E-state index in [1.54, 1.807) is 12.4 Å². The van der Waals surface area contributed by atoms with Crippen LogP contribution in [0.1, 0.15) is 10.4 Å².